The maximum atomic E-state index is 10.6. The van der Waals surface area contributed by atoms with Gasteiger partial charge in [-0.25, -0.2) is 0 Å². The second-order valence-corrected chi connectivity index (χ2v) is 7.83. The summed E-state index contributed by atoms with van der Waals surface area (Å²) >= 11 is 0. The van der Waals surface area contributed by atoms with E-state index in [9.17, 15) is 9.90 Å². The van der Waals surface area contributed by atoms with Crippen LogP contribution in [0.3, 0.4) is 0 Å². The van der Waals surface area contributed by atoms with Crippen LogP contribution in [0, 0.1) is 0 Å². The number of esters is 1. The molecule has 0 aliphatic carbocycles. The lowest BCUT2D eigenvalue weighted by molar-refractivity contribution is -0.145. The molecule has 0 aromatic carbocycles. The van der Waals surface area contributed by atoms with Crippen molar-refractivity contribution in [3.05, 3.63) is 0 Å². The van der Waals surface area contributed by atoms with Crippen LogP contribution in [0.4, 0.5) is 0 Å². The summed E-state index contributed by atoms with van der Waals surface area (Å²) in [6.07, 6.45) is 21.0. The fraction of sp³-hybridized carbons (Fsp3) is 0.957. The third-order valence-corrected chi connectivity index (χ3v) is 4.93. The number of hydrogen-bond acceptors (Lipinski definition) is 4. The highest BCUT2D eigenvalue weighted by molar-refractivity contribution is 5.65. The van der Waals surface area contributed by atoms with E-state index in [1.54, 1.807) is 0 Å². The molecule has 0 aliphatic rings. The number of aliphatic hydroxyl groups is 1. The van der Waals surface area contributed by atoms with Gasteiger partial charge in [-0.15, -0.1) is 0 Å². The quantitative estimate of drug-likeness (QED) is 0.189. The average molecular weight is 387 g/mol. The number of hydrogen-bond donors (Lipinski definition) is 1. The summed E-state index contributed by atoms with van der Waals surface area (Å²) in [7, 11) is 0. The van der Waals surface area contributed by atoms with Crippen molar-refractivity contribution in [2.75, 3.05) is 19.8 Å². The van der Waals surface area contributed by atoms with E-state index in [4.69, 9.17) is 9.47 Å². The third-order valence-electron chi connectivity index (χ3n) is 4.93. The standard InChI is InChI=1S/C23H46O4/c1-3-4-5-6-7-8-9-10-11-12-13-14-15-16-17-18-19-26-20-23(25)21-27-22(2)24/h23,25H,3-21H2,1-2H3/t23-/m0/s1. The van der Waals surface area contributed by atoms with E-state index < -0.39 is 6.10 Å². The highest BCUT2D eigenvalue weighted by Gasteiger charge is 2.05. The molecule has 4 nitrogen and oxygen atoms in total. The molecule has 0 aromatic heterocycles. The van der Waals surface area contributed by atoms with Crippen molar-refractivity contribution in [2.45, 2.75) is 123 Å². The Morgan fingerprint density at radius 2 is 1.11 bits per heavy atom. The van der Waals surface area contributed by atoms with Gasteiger partial charge in [-0.1, -0.05) is 103 Å². The van der Waals surface area contributed by atoms with Gasteiger partial charge in [-0.2, -0.15) is 0 Å². The highest BCUT2D eigenvalue weighted by Crippen LogP contribution is 2.13. The SMILES string of the molecule is CCCCCCCCCCCCCCCCCCOC[C@H](O)COC(C)=O. The number of carbonyl (C=O) groups is 1. The minimum Gasteiger partial charge on any atom is -0.463 e. The molecule has 0 saturated carbocycles. The Morgan fingerprint density at radius 1 is 0.704 bits per heavy atom. The Morgan fingerprint density at radius 3 is 1.52 bits per heavy atom. The summed E-state index contributed by atoms with van der Waals surface area (Å²) in [5, 5.41) is 9.53. The van der Waals surface area contributed by atoms with Crippen LogP contribution in [-0.4, -0.2) is 37.0 Å². The van der Waals surface area contributed by atoms with Gasteiger partial charge in [0, 0.05) is 13.5 Å². The van der Waals surface area contributed by atoms with E-state index in [-0.39, 0.29) is 19.2 Å². The molecule has 0 bridgehead atoms. The molecule has 27 heavy (non-hydrogen) atoms. The number of ether oxygens (including phenoxy) is 2. The van der Waals surface area contributed by atoms with E-state index in [1.165, 1.54) is 103 Å². The first kappa shape index (κ1) is 26.4. The predicted molar refractivity (Wildman–Crippen MR) is 113 cm³/mol. The van der Waals surface area contributed by atoms with E-state index in [0.29, 0.717) is 6.61 Å². The van der Waals surface area contributed by atoms with Gasteiger partial charge in [0.1, 0.15) is 12.7 Å². The minimum absolute atomic E-state index is 0.0221. The van der Waals surface area contributed by atoms with Gasteiger partial charge in [-0.3, -0.25) is 4.79 Å². The molecule has 0 aromatic rings. The van der Waals surface area contributed by atoms with Crippen LogP contribution in [0.15, 0.2) is 0 Å². The first-order chi connectivity index (χ1) is 13.2. The minimum atomic E-state index is -0.713. The lowest BCUT2D eigenvalue weighted by Crippen LogP contribution is -2.23. The van der Waals surface area contributed by atoms with Gasteiger partial charge in [0.25, 0.3) is 0 Å². The van der Waals surface area contributed by atoms with Gasteiger partial charge < -0.3 is 14.6 Å². The molecule has 0 spiro atoms. The molecule has 0 fully saturated rings. The number of aliphatic hydroxyl groups excluding tert-OH is 1. The van der Waals surface area contributed by atoms with Crippen LogP contribution in [0.25, 0.3) is 0 Å². The molecule has 0 unspecified atom stereocenters. The molecule has 0 saturated heterocycles. The molecule has 0 heterocycles. The first-order valence-electron chi connectivity index (χ1n) is 11.6. The molecule has 1 atom stereocenters. The zero-order valence-electron chi connectivity index (χ0n) is 18.2. The number of rotatable bonds is 21. The van der Waals surface area contributed by atoms with Crippen molar-refractivity contribution in [3.63, 3.8) is 0 Å². The summed E-state index contributed by atoms with van der Waals surface area (Å²) in [5.74, 6) is -0.369. The van der Waals surface area contributed by atoms with Gasteiger partial charge in [0.2, 0.25) is 0 Å². The topological polar surface area (TPSA) is 55.8 Å². The summed E-state index contributed by atoms with van der Waals surface area (Å²) in [5.41, 5.74) is 0. The van der Waals surface area contributed by atoms with Crippen molar-refractivity contribution < 1.29 is 19.4 Å². The highest BCUT2D eigenvalue weighted by atomic mass is 16.5. The Labute approximate surface area is 168 Å². The van der Waals surface area contributed by atoms with Gasteiger partial charge in [0.15, 0.2) is 0 Å². The van der Waals surface area contributed by atoms with Gasteiger partial charge >= 0.3 is 5.97 Å². The zero-order chi connectivity index (χ0) is 20.0. The van der Waals surface area contributed by atoms with Gasteiger partial charge in [0.05, 0.1) is 6.61 Å². The third kappa shape index (κ3) is 23.4. The van der Waals surface area contributed by atoms with Crippen LogP contribution >= 0.6 is 0 Å². The number of unbranched alkanes of at least 4 members (excludes halogenated alkanes) is 15. The zero-order valence-corrected chi connectivity index (χ0v) is 18.2. The Balaban J connectivity index is 3.08. The van der Waals surface area contributed by atoms with Crippen molar-refractivity contribution in [3.8, 4) is 0 Å². The number of carbonyl (C=O) groups excluding carboxylic acids is 1. The normalized spacial score (nSPS) is 12.3. The van der Waals surface area contributed by atoms with Crippen LogP contribution < -0.4 is 0 Å². The molecular weight excluding hydrogens is 340 g/mol. The smallest absolute Gasteiger partial charge is 0.302 e. The van der Waals surface area contributed by atoms with Crippen LogP contribution in [0.2, 0.25) is 0 Å². The molecule has 0 radical (unpaired) electrons. The van der Waals surface area contributed by atoms with E-state index >= 15 is 0 Å². The molecule has 0 aliphatic heterocycles. The molecular formula is C23H46O4. The fourth-order valence-electron chi connectivity index (χ4n) is 3.23. The first-order valence-corrected chi connectivity index (χ1v) is 11.6. The van der Waals surface area contributed by atoms with Crippen LogP contribution in [-0.2, 0) is 14.3 Å². The Bertz CT molecular complexity index is 307. The van der Waals surface area contributed by atoms with E-state index in [0.717, 1.165) is 6.42 Å². The predicted octanol–water partition coefficient (Wildman–Crippen LogP) is 6.19. The van der Waals surface area contributed by atoms with Gasteiger partial charge in [-0.05, 0) is 6.42 Å². The van der Waals surface area contributed by atoms with Crippen molar-refractivity contribution in [1.82, 2.24) is 0 Å². The van der Waals surface area contributed by atoms with E-state index in [2.05, 4.69) is 6.92 Å². The molecule has 0 amide bonds. The maximum Gasteiger partial charge on any atom is 0.302 e. The summed E-state index contributed by atoms with van der Waals surface area (Å²) in [6.45, 7) is 4.55. The van der Waals surface area contributed by atoms with Crippen LogP contribution in [0.1, 0.15) is 117 Å². The fourth-order valence-corrected chi connectivity index (χ4v) is 3.23. The summed E-state index contributed by atoms with van der Waals surface area (Å²) in [4.78, 5) is 10.6. The van der Waals surface area contributed by atoms with Crippen LogP contribution in [0.5, 0.6) is 0 Å². The second-order valence-electron chi connectivity index (χ2n) is 7.83. The van der Waals surface area contributed by atoms with Crippen molar-refractivity contribution >= 4 is 5.97 Å². The maximum absolute atomic E-state index is 10.6. The van der Waals surface area contributed by atoms with Crippen molar-refractivity contribution in [2.24, 2.45) is 0 Å². The molecule has 4 heteroatoms. The lowest BCUT2D eigenvalue weighted by atomic mass is 10.0. The summed E-state index contributed by atoms with van der Waals surface area (Å²) < 4.78 is 10.1. The lowest BCUT2D eigenvalue weighted by Gasteiger charge is -2.10. The Kier molecular flexibility index (Phi) is 21.2. The largest absolute Gasteiger partial charge is 0.463 e. The summed E-state index contributed by atoms with van der Waals surface area (Å²) in [6, 6.07) is 0. The second kappa shape index (κ2) is 21.7. The monoisotopic (exact) mass is 386 g/mol. The average Bonchev–Trinajstić information content (AvgIpc) is 2.65. The molecule has 0 rings (SSSR count). The molecule has 162 valence electrons. The van der Waals surface area contributed by atoms with Crippen molar-refractivity contribution in [1.29, 1.82) is 0 Å². The molecule has 1 N–H and O–H groups in total. The van der Waals surface area contributed by atoms with E-state index in [1.807, 2.05) is 0 Å². The Hall–Kier alpha value is -0.610.